The van der Waals surface area contributed by atoms with E-state index in [9.17, 15) is 19.1 Å². The molecular weight excluding hydrogens is 373 g/mol. The van der Waals surface area contributed by atoms with Crippen LogP contribution in [0.5, 0.6) is 0 Å². The Bertz CT molecular complexity index is 711. The first-order valence-electron chi connectivity index (χ1n) is 9.49. The van der Waals surface area contributed by atoms with Gasteiger partial charge in [0.25, 0.3) is 0 Å². The lowest BCUT2D eigenvalue weighted by atomic mass is 9.98. The second-order valence-electron chi connectivity index (χ2n) is 7.05. The summed E-state index contributed by atoms with van der Waals surface area (Å²) in [6.07, 6.45) is 2.27. The fourth-order valence-corrected chi connectivity index (χ4v) is 3.04. The molecule has 1 aliphatic rings. The van der Waals surface area contributed by atoms with Gasteiger partial charge in [0.05, 0.1) is 6.61 Å². The van der Waals surface area contributed by atoms with Crippen molar-refractivity contribution >= 4 is 11.8 Å². The number of aromatic nitrogens is 2. The van der Waals surface area contributed by atoms with Crippen molar-refractivity contribution < 1.29 is 29.0 Å². The van der Waals surface area contributed by atoms with Crippen LogP contribution in [-0.4, -0.2) is 50.2 Å². The maximum Gasteiger partial charge on any atom is 0.351 e. The molecule has 0 unspecified atom stereocenters. The summed E-state index contributed by atoms with van der Waals surface area (Å²) >= 11 is 0. The number of halogens is 1. The number of hydrogen-bond acceptors (Lipinski definition) is 8. The van der Waals surface area contributed by atoms with Crippen LogP contribution in [0.1, 0.15) is 58.6 Å². The normalized spacial score (nSPS) is 27.0. The molecule has 4 atom stereocenters. The van der Waals surface area contributed by atoms with Crippen molar-refractivity contribution in [2.24, 2.45) is 0 Å². The van der Waals surface area contributed by atoms with E-state index in [1.165, 1.54) is 12.3 Å². The maximum atomic E-state index is 14.8. The number of carbonyl (C=O) groups excluding carboxylic acids is 1. The Hall–Kier alpha value is -2.04. The molecule has 1 aliphatic heterocycles. The third kappa shape index (κ3) is 5.27. The Balaban J connectivity index is 1.92. The molecule has 1 saturated heterocycles. The largest absolute Gasteiger partial charge is 0.394 e. The smallest absolute Gasteiger partial charge is 0.351 e. The van der Waals surface area contributed by atoms with E-state index in [2.05, 4.69) is 17.4 Å². The number of ether oxygens (including phenoxy) is 1. The Morgan fingerprint density at radius 2 is 2.14 bits per heavy atom. The van der Waals surface area contributed by atoms with Crippen molar-refractivity contribution in [2.75, 3.05) is 12.1 Å². The molecular formula is C18H28FN3O6. The number of carbonyl (C=O) groups is 1. The van der Waals surface area contributed by atoms with Gasteiger partial charge in [0.15, 0.2) is 17.7 Å². The molecule has 0 aliphatic carbocycles. The first kappa shape index (κ1) is 22.3. The Morgan fingerprint density at radius 3 is 2.75 bits per heavy atom. The van der Waals surface area contributed by atoms with E-state index in [4.69, 9.17) is 14.7 Å². The SMILES string of the molecule is CCCCCCCC(=O)ONc1ccn([C@@H]2O[C@H](CO)[C@@H](O)[C@]2(C)F)c(=O)n1. The Labute approximate surface area is 162 Å². The van der Waals surface area contributed by atoms with Crippen LogP contribution in [0.4, 0.5) is 10.2 Å². The van der Waals surface area contributed by atoms with Gasteiger partial charge in [-0.1, -0.05) is 32.6 Å². The van der Waals surface area contributed by atoms with E-state index in [0.29, 0.717) is 0 Å². The molecule has 28 heavy (non-hydrogen) atoms. The van der Waals surface area contributed by atoms with Crippen LogP contribution in [-0.2, 0) is 14.4 Å². The molecule has 9 nitrogen and oxygen atoms in total. The van der Waals surface area contributed by atoms with Gasteiger partial charge in [0.1, 0.15) is 12.2 Å². The van der Waals surface area contributed by atoms with Crippen LogP contribution in [0.2, 0.25) is 0 Å². The molecule has 1 aromatic rings. The zero-order valence-electron chi connectivity index (χ0n) is 16.1. The fourth-order valence-electron chi connectivity index (χ4n) is 3.04. The average molecular weight is 401 g/mol. The van der Waals surface area contributed by atoms with Crippen molar-refractivity contribution in [3.63, 3.8) is 0 Å². The van der Waals surface area contributed by atoms with E-state index in [0.717, 1.165) is 43.6 Å². The van der Waals surface area contributed by atoms with Crippen LogP contribution in [0.3, 0.4) is 0 Å². The molecule has 2 heterocycles. The van der Waals surface area contributed by atoms with Crippen molar-refractivity contribution in [1.82, 2.24) is 9.55 Å². The van der Waals surface area contributed by atoms with Crippen LogP contribution < -0.4 is 11.2 Å². The van der Waals surface area contributed by atoms with E-state index >= 15 is 0 Å². The first-order chi connectivity index (χ1) is 13.3. The second-order valence-corrected chi connectivity index (χ2v) is 7.05. The molecule has 2 rings (SSSR count). The fraction of sp³-hybridized carbons (Fsp3) is 0.722. The summed E-state index contributed by atoms with van der Waals surface area (Å²) in [6.45, 7) is 2.60. The average Bonchev–Trinajstić information content (AvgIpc) is 2.89. The predicted molar refractivity (Wildman–Crippen MR) is 98.1 cm³/mol. The highest BCUT2D eigenvalue weighted by Gasteiger charge is 2.55. The molecule has 1 aromatic heterocycles. The highest BCUT2D eigenvalue weighted by atomic mass is 19.1. The van der Waals surface area contributed by atoms with E-state index in [-0.39, 0.29) is 12.2 Å². The monoisotopic (exact) mass is 401 g/mol. The van der Waals surface area contributed by atoms with Crippen LogP contribution >= 0.6 is 0 Å². The molecule has 3 N–H and O–H groups in total. The molecule has 0 bridgehead atoms. The molecule has 0 aromatic carbocycles. The minimum absolute atomic E-state index is 0.0154. The van der Waals surface area contributed by atoms with E-state index in [1.807, 2.05) is 0 Å². The Morgan fingerprint density at radius 1 is 1.43 bits per heavy atom. The first-order valence-corrected chi connectivity index (χ1v) is 9.49. The number of alkyl halides is 1. The summed E-state index contributed by atoms with van der Waals surface area (Å²) in [7, 11) is 0. The minimum Gasteiger partial charge on any atom is -0.394 e. The molecule has 0 radical (unpaired) electrons. The van der Waals surface area contributed by atoms with Gasteiger partial charge < -0.3 is 19.8 Å². The van der Waals surface area contributed by atoms with E-state index in [1.54, 1.807) is 0 Å². The molecule has 1 fully saturated rings. The zero-order chi connectivity index (χ0) is 20.7. The van der Waals surface area contributed by atoms with Gasteiger partial charge in [0, 0.05) is 18.7 Å². The maximum absolute atomic E-state index is 14.8. The number of nitrogens with zero attached hydrogens (tertiary/aromatic N) is 2. The number of rotatable bonds is 10. The summed E-state index contributed by atoms with van der Waals surface area (Å²) in [4.78, 5) is 32.4. The summed E-state index contributed by atoms with van der Waals surface area (Å²) < 4.78 is 20.9. The quantitative estimate of drug-likeness (QED) is 0.398. The minimum atomic E-state index is -2.29. The predicted octanol–water partition coefficient (Wildman–Crippen LogP) is 1.45. The summed E-state index contributed by atoms with van der Waals surface area (Å²) in [5.74, 6) is -0.481. The Kier molecular flexibility index (Phi) is 7.90. The van der Waals surface area contributed by atoms with Gasteiger partial charge in [-0.2, -0.15) is 4.98 Å². The summed E-state index contributed by atoms with van der Waals surface area (Å²) in [5.41, 5.74) is -0.848. The number of aliphatic hydroxyl groups is 2. The van der Waals surface area contributed by atoms with Crippen LogP contribution in [0.25, 0.3) is 0 Å². The van der Waals surface area contributed by atoms with Crippen molar-refractivity contribution in [2.45, 2.75) is 76.5 Å². The highest BCUT2D eigenvalue weighted by Crippen LogP contribution is 2.40. The number of aliphatic hydroxyl groups excluding tert-OH is 2. The van der Waals surface area contributed by atoms with Crippen molar-refractivity contribution in [1.29, 1.82) is 0 Å². The van der Waals surface area contributed by atoms with Gasteiger partial charge in [0.2, 0.25) is 0 Å². The highest BCUT2D eigenvalue weighted by molar-refractivity contribution is 5.70. The van der Waals surface area contributed by atoms with Gasteiger partial charge in [-0.05, 0) is 13.3 Å². The lowest BCUT2D eigenvalue weighted by Gasteiger charge is -2.24. The van der Waals surface area contributed by atoms with Crippen molar-refractivity contribution in [3.05, 3.63) is 22.7 Å². The van der Waals surface area contributed by atoms with Gasteiger partial charge >= 0.3 is 11.7 Å². The standard InChI is InChI=1S/C18H28FN3O6/c1-3-4-5-6-7-8-14(24)28-21-13-9-10-22(17(26)20-13)16-18(2,19)15(25)12(11-23)27-16/h9-10,12,15-16,23,25H,3-8,11H2,1-2H3,(H,20,21,26)/t12-,15-,16-,18+/m1/s1. The van der Waals surface area contributed by atoms with Crippen molar-refractivity contribution in [3.8, 4) is 0 Å². The molecule has 0 spiro atoms. The van der Waals surface area contributed by atoms with Gasteiger partial charge in [-0.15, -0.1) is 0 Å². The lowest BCUT2D eigenvalue weighted by Crippen LogP contribution is -2.42. The lowest BCUT2D eigenvalue weighted by molar-refractivity contribution is -0.140. The van der Waals surface area contributed by atoms with Gasteiger partial charge in [-0.25, -0.2) is 19.5 Å². The zero-order valence-corrected chi connectivity index (χ0v) is 16.1. The van der Waals surface area contributed by atoms with Gasteiger partial charge in [-0.3, -0.25) is 4.57 Å². The molecule has 0 amide bonds. The van der Waals surface area contributed by atoms with E-state index < -0.39 is 42.4 Å². The topological polar surface area (TPSA) is 123 Å². The summed E-state index contributed by atoms with van der Waals surface area (Å²) in [6, 6.07) is 1.31. The second kappa shape index (κ2) is 9.94. The number of anilines is 1. The van der Waals surface area contributed by atoms with Crippen LogP contribution in [0.15, 0.2) is 17.1 Å². The summed E-state index contributed by atoms with van der Waals surface area (Å²) in [5, 5.41) is 19.1. The molecule has 0 saturated carbocycles. The number of nitrogens with one attached hydrogen (secondary N) is 1. The third-order valence-electron chi connectivity index (χ3n) is 4.73. The molecule has 10 heteroatoms. The number of unbranched alkanes of at least 4 members (excludes halogenated alkanes) is 4. The third-order valence-corrected chi connectivity index (χ3v) is 4.73. The molecule has 158 valence electrons. The van der Waals surface area contributed by atoms with Crippen LogP contribution in [0, 0.1) is 0 Å². The number of hydrogen-bond donors (Lipinski definition) is 3.